The van der Waals surface area contributed by atoms with Crippen LogP contribution in [0.3, 0.4) is 0 Å². The fourth-order valence-electron chi connectivity index (χ4n) is 1.89. The zero-order valence-electron chi connectivity index (χ0n) is 13.3. The summed E-state index contributed by atoms with van der Waals surface area (Å²) in [5, 5.41) is 7.39. The van der Waals surface area contributed by atoms with Crippen molar-refractivity contribution in [3.8, 4) is 5.75 Å². The van der Waals surface area contributed by atoms with Crippen LogP contribution in [0.2, 0.25) is 0 Å². The van der Waals surface area contributed by atoms with Crippen LogP contribution in [-0.4, -0.2) is 31.5 Å². The van der Waals surface area contributed by atoms with Crippen LogP contribution in [0.5, 0.6) is 5.75 Å². The number of hydrogen-bond donors (Lipinski definition) is 2. The molecule has 24 heavy (non-hydrogen) atoms. The Labute approximate surface area is 145 Å². The van der Waals surface area contributed by atoms with Crippen molar-refractivity contribution in [3.63, 3.8) is 0 Å². The Morgan fingerprint density at radius 3 is 2.50 bits per heavy atom. The van der Waals surface area contributed by atoms with Gasteiger partial charge in [0.05, 0.1) is 31.7 Å². The summed E-state index contributed by atoms with van der Waals surface area (Å²) in [5.74, 6) is 0.308. The van der Waals surface area contributed by atoms with Gasteiger partial charge in [-0.3, -0.25) is 5.43 Å². The molecular formula is C17H17N3O3S. The number of thiocarbonyl (C=S) groups is 1. The predicted molar refractivity (Wildman–Crippen MR) is 97.7 cm³/mol. The first-order valence-corrected chi connectivity index (χ1v) is 7.46. The minimum Gasteiger partial charge on any atom is -0.495 e. The molecule has 2 aromatic carbocycles. The van der Waals surface area contributed by atoms with Gasteiger partial charge in [0.1, 0.15) is 5.75 Å². The first-order valence-electron chi connectivity index (χ1n) is 7.05. The van der Waals surface area contributed by atoms with Crippen molar-refractivity contribution in [3.05, 3.63) is 59.7 Å². The number of rotatable bonds is 5. The fraction of sp³-hybridized carbons (Fsp3) is 0.118. The fourth-order valence-corrected chi connectivity index (χ4v) is 2.05. The highest BCUT2D eigenvalue weighted by Gasteiger charge is 2.04. The van der Waals surface area contributed by atoms with Gasteiger partial charge in [-0.05, 0) is 42.0 Å². The van der Waals surface area contributed by atoms with Crippen molar-refractivity contribution < 1.29 is 14.3 Å². The third kappa shape index (κ3) is 4.79. The molecule has 0 spiro atoms. The van der Waals surface area contributed by atoms with Crippen molar-refractivity contribution in [1.82, 2.24) is 5.43 Å². The summed E-state index contributed by atoms with van der Waals surface area (Å²) in [5.41, 5.74) is 4.76. The first kappa shape index (κ1) is 17.4. The van der Waals surface area contributed by atoms with Crippen LogP contribution in [-0.2, 0) is 4.74 Å². The molecular weight excluding hydrogens is 326 g/mol. The Hall–Kier alpha value is -2.93. The number of nitrogens with zero attached hydrogens (tertiary/aromatic N) is 1. The predicted octanol–water partition coefficient (Wildman–Crippen LogP) is 2.80. The number of anilines is 1. The second-order valence-corrected chi connectivity index (χ2v) is 5.05. The Morgan fingerprint density at radius 2 is 1.83 bits per heavy atom. The first-order chi connectivity index (χ1) is 11.6. The van der Waals surface area contributed by atoms with E-state index in [9.17, 15) is 4.79 Å². The van der Waals surface area contributed by atoms with Crippen LogP contribution < -0.4 is 15.5 Å². The van der Waals surface area contributed by atoms with Gasteiger partial charge in [0.25, 0.3) is 0 Å². The molecule has 0 amide bonds. The van der Waals surface area contributed by atoms with E-state index in [2.05, 4.69) is 20.6 Å². The minimum atomic E-state index is -0.376. The van der Waals surface area contributed by atoms with Gasteiger partial charge in [0, 0.05) is 0 Å². The lowest BCUT2D eigenvalue weighted by Crippen LogP contribution is -2.24. The molecule has 0 atom stereocenters. The van der Waals surface area contributed by atoms with Crippen LogP contribution in [0.4, 0.5) is 5.69 Å². The second-order valence-electron chi connectivity index (χ2n) is 4.64. The quantitative estimate of drug-likeness (QED) is 0.376. The van der Waals surface area contributed by atoms with Crippen LogP contribution in [0.1, 0.15) is 15.9 Å². The molecule has 124 valence electrons. The maximum absolute atomic E-state index is 11.4. The number of nitrogens with one attached hydrogen (secondary N) is 2. The Kier molecular flexibility index (Phi) is 6.27. The van der Waals surface area contributed by atoms with Gasteiger partial charge < -0.3 is 14.8 Å². The van der Waals surface area contributed by atoms with E-state index >= 15 is 0 Å². The van der Waals surface area contributed by atoms with Crippen LogP contribution in [0.25, 0.3) is 0 Å². The highest BCUT2D eigenvalue weighted by Crippen LogP contribution is 2.22. The average molecular weight is 343 g/mol. The van der Waals surface area contributed by atoms with Crippen LogP contribution in [0.15, 0.2) is 53.6 Å². The minimum absolute atomic E-state index is 0.335. The van der Waals surface area contributed by atoms with Gasteiger partial charge in [0.2, 0.25) is 0 Å². The number of benzene rings is 2. The van der Waals surface area contributed by atoms with Crippen molar-refractivity contribution >= 4 is 35.2 Å². The topological polar surface area (TPSA) is 72.0 Å². The van der Waals surface area contributed by atoms with Gasteiger partial charge in [-0.25, -0.2) is 4.79 Å². The highest BCUT2D eigenvalue weighted by atomic mass is 32.1. The third-order valence-corrected chi connectivity index (χ3v) is 3.26. The molecule has 0 aromatic heterocycles. The van der Waals surface area contributed by atoms with Gasteiger partial charge in [-0.2, -0.15) is 5.10 Å². The number of ether oxygens (including phenoxy) is 2. The van der Waals surface area contributed by atoms with Gasteiger partial charge >= 0.3 is 5.97 Å². The van der Waals surface area contributed by atoms with E-state index in [0.29, 0.717) is 16.4 Å². The molecule has 0 unspecified atom stereocenters. The van der Waals surface area contributed by atoms with E-state index in [-0.39, 0.29) is 5.97 Å². The molecule has 0 saturated carbocycles. The zero-order valence-corrected chi connectivity index (χ0v) is 14.1. The molecule has 2 aromatic rings. The molecule has 0 aliphatic rings. The molecule has 6 nitrogen and oxygen atoms in total. The maximum atomic E-state index is 11.4. The molecule has 0 fully saturated rings. The number of hydrazone groups is 1. The summed E-state index contributed by atoms with van der Waals surface area (Å²) in [4.78, 5) is 11.4. The van der Waals surface area contributed by atoms with E-state index < -0.39 is 0 Å². The lowest BCUT2D eigenvalue weighted by molar-refractivity contribution is 0.0600. The molecule has 0 aliphatic carbocycles. The number of hydrogen-bond acceptors (Lipinski definition) is 5. The SMILES string of the molecule is COC(=O)c1ccc(/C=N\NC(=S)Nc2ccccc2OC)cc1. The standard InChI is InChI=1S/C17H17N3O3S/c1-22-15-6-4-3-5-14(15)19-17(24)20-18-11-12-7-9-13(10-8-12)16(21)23-2/h3-11H,1-2H3,(H2,19,20,24)/b18-11-. The largest absolute Gasteiger partial charge is 0.495 e. The highest BCUT2D eigenvalue weighted by molar-refractivity contribution is 7.80. The van der Waals surface area contributed by atoms with E-state index in [4.69, 9.17) is 17.0 Å². The smallest absolute Gasteiger partial charge is 0.337 e. The van der Waals surface area contributed by atoms with Crippen molar-refractivity contribution in [2.75, 3.05) is 19.5 Å². The summed E-state index contributed by atoms with van der Waals surface area (Å²) in [6.45, 7) is 0. The van der Waals surface area contributed by atoms with Crippen LogP contribution >= 0.6 is 12.2 Å². The Morgan fingerprint density at radius 1 is 1.12 bits per heavy atom. The summed E-state index contributed by atoms with van der Waals surface area (Å²) in [6, 6.07) is 14.3. The van der Waals surface area contributed by atoms with E-state index in [0.717, 1.165) is 11.3 Å². The Balaban J connectivity index is 1.91. The van der Waals surface area contributed by atoms with Gasteiger partial charge in [-0.1, -0.05) is 24.3 Å². The van der Waals surface area contributed by atoms with Gasteiger partial charge in [-0.15, -0.1) is 0 Å². The monoisotopic (exact) mass is 343 g/mol. The van der Waals surface area contributed by atoms with E-state index in [1.807, 2.05) is 24.3 Å². The number of carbonyl (C=O) groups is 1. The normalized spacial score (nSPS) is 10.2. The zero-order chi connectivity index (χ0) is 17.4. The van der Waals surface area contributed by atoms with E-state index in [1.54, 1.807) is 37.6 Å². The lowest BCUT2D eigenvalue weighted by Gasteiger charge is -2.10. The maximum Gasteiger partial charge on any atom is 0.337 e. The molecule has 0 aliphatic heterocycles. The summed E-state index contributed by atoms with van der Waals surface area (Å²) < 4.78 is 9.88. The van der Waals surface area contributed by atoms with E-state index in [1.165, 1.54) is 7.11 Å². The summed E-state index contributed by atoms with van der Waals surface area (Å²) >= 11 is 5.18. The molecule has 2 N–H and O–H groups in total. The number of methoxy groups -OCH3 is 2. The number of para-hydroxylation sites is 2. The lowest BCUT2D eigenvalue weighted by atomic mass is 10.1. The summed E-state index contributed by atoms with van der Waals surface area (Å²) in [7, 11) is 2.93. The second kappa shape index (κ2) is 8.64. The molecule has 0 heterocycles. The molecule has 0 saturated heterocycles. The molecule has 2 rings (SSSR count). The third-order valence-electron chi connectivity index (χ3n) is 3.07. The van der Waals surface area contributed by atoms with Gasteiger partial charge in [0.15, 0.2) is 5.11 Å². The molecule has 0 bridgehead atoms. The van der Waals surface area contributed by atoms with Crippen molar-refractivity contribution in [2.45, 2.75) is 0 Å². The molecule has 7 heteroatoms. The van der Waals surface area contributed by atoms with Crippen LogP contribution in [0, 0.1) is 0 Å². The number of carbonyl (C=O) groups excluding carboxylic acids is 1. The summed E-state index contributed by atoms with van der Waals surface area (Å²) in [6.07, 6.45) is 1.59. The Bertz CT molecular complexity index is 745. The van der Waals surface area contributed by atoms with Crippen molar-refractivity contribution in [2.24, 2.45) is 5.10 Å². The molecule has 0 radical (unpaired) electrons. The van der Waals surface area contributed by atoms with Crippen molar-refractivity contribution in [1.29, 1.82) is 0 Å². The average Bonchev–Trinajstić information content (AvgIpc) is 2.62. The number of esters is 1.